The first-order valence-corrected chi connectivity index (χ1v) is 6.08. The number of ether oxygens (including phenoxy) is 2. The molecule has 1 rings (SSSR count). The first-order valence-electron chi connectivity index (χ1n) is 6.08. The summed E-state index contributed by atoms with van der Waals surface area (Å²) >= 11 is 0. The molecule has 0 spiro atoms. The molecule has 1 aromatic rings. The fraction of sp³-hybridized carbons (Fsp3) is 0.200. The Balaban J connectivity index is 2.49. The van der Waals surface area contributed by atoms with Crippen LogP contribution in [0, 0.1) is 0 Å². The van der Waals surface area contributed by atoms with E-state index in [1.165, 1.54) is 13.3 Å². The summed E-state index contributed by atoms with van der Waals surface area (Å²) in [7, 11) is 1.29. The molecule has 1 N–H and O–H groups in total. The Kier molecular flexibility index (Phi) is 6.61. The van der Waals surface area contributed by atoms with Gasteiger partial charge in [0.1, 0.15) is 5.75 Å². The summed E-state index contributed by atoms with van der Waals surface area (Å²) in [5.74, 6) is 0.192. The van der Waals surface area contributed by atoms with E-state index in [1.807, 2.05) is 0 Å². The Morgan fingerprint density at radius 1 is 1.30 bits per heavy atom. The smallest absolute Gasteiger partial charge is 0.410 e. The Morgan fingerprint density at radius 2 is 2.00 bits per heavy atom. The topological polar surface area (TPSA) is 64.6 Å². The molecule has 1 amide bonds. The van der Waals surface area contributed by atoms with Crippen LogP contribution in [0.5, 0.6) is 5.75 Å². The Morgan fingerprint density at radius 3 is 2.60 bits per heavy atom. The molecule has 0 heterocycles. The minimum atomic E-state index is -0.533. The van der Waals surface area contributed by atoms with Crippen LogP contribution in [0.3, 0.4) is 0 Å². The number of nitrogens with one attached hydrogen (secondary N) is 1. The average molecular weight is 275 g/mol. The van der Waals surface area contributed by atoms with Crippen molar-refractivity contribution >= 4 is 18.1 Å². The van der Waals surface area contributed by atoms with Crippen molar-refractivity contribution in [3.05, 3.63) is 48.7 Å². The van der Waals surface area contributed by atoms with Crippen molar-refractivity contribution in [1.82, 2.24) is 5.32 Å². The standard InChI is InChI=1S/C15H17NO4/c1-3-4-5-14(17)20-13-8-6-12(7-9-13)10-11-16-15(18)19-2/h3,6-11H,1,4-5H2,2H3,(H,16,18)/b11-10+. The van der Waals surface area contributed by atoms with Crippen LogP contribution in [0.15, 0.2) is 43.1 Å². The Labute approximate surface area is 117 Å². The van der Waals surface area contributed by atoms with Gasteiger partial charge in [-0.1, -0.05) is 18.2 Å². The van der Waals surface area contributed by atoms with E-state index in [-0.39, 0.29) is 5.97 Å². The highest BCUT2D eigenvalue weighted by Crippen LogP contribution is 2.14. The van der Waals surface area contributed by atoms with E-state index in [0.29, 0.717) is 18.6 Å². The summed E-state index contributed by atoms with van der Waals surface area (Å²) in [4.78, 5) is 22.2. The molecule has 0 aliphatic carbocycles. The molecule has 0 radical (unpaired) electrons. The van der Waals surface area contributed by atoms with Crippen LogP contribution in [0.2, 0.25) is 0 Å². The number of hydrogen-bond donors (Lipinski definition) is 1. The third-order valence-electron chi connectivity index (χ3n) is 2.33. The van der Waals surface area contributed by atoms with Gasteiger partial charge in [-0.25, -0.2) is 4.79 Å². The van der Waals surface area contributed by atoms with Gasteiger partial charge in [0.15, 0.2) is 0 Å². The van der Waals surface area contributed by atoms with Crippen LogP contribution in [0.1, 0.15) is 18.4 Å². The molecule has 0 atom stereocenters. The van der Waals surface area contributed by atoms with Gasteiger partial charge in [-0.15, -0.1) is 6.58 Å². The van der Waals surface area contributed by atoms with Crippen LogP contribution < -0.4 is 10.1 Å². The van der Waals surface area contributed by atoms with Gasteiger partial charge < -0.3 is 9.47 Å². The van der Waals surface area contributed by atoms with E-state index >= 15 is 0 Å². The van der Waals surface area contributed by atoms with E-state index < -0.39 is 6.09 Å². The first kappa shape index (κ1) is 15.5. The zero-order valence-corrected chi connectivity index (χ0v) is 11.3. The number of allylic oxidation sites excluding steroid dienone is 1. The zero-order valence-electron chi connectivity index (χ0n) is 11.3. The lowest BCUT2D eigenvalue weighted by Crippen LogP contribution is -2.15. The number of amides is 1. The molecular weight excluding hydrogens is 258 g/mol. The molecule has 0 unspecified atom stereocenters. The molecule has 0 saturated heterocycles. The molecule has 106 valence electrons. The lowest BCUT2D eigenvalue weighted by molar-refractivity contribution is -0.134. The van der Waals surface area contributed by atoms with Gasteiger partial charge in [-0.2, -0.15) is 0 Å². The number of hydrogen-bond acceptors (Lipinski definition) is 4. The number of carbonyl (C=O) groups excluding carboxylic acids is 2. The summed E-state index contributed by atoms with van der Waals surface area (Å²) in [6.45, 7) is 3.54. The molecule has 0 fully saturated rings. The highest BCUT2D eigenvalue weighted by molar-refractivity contribution is 5.72. The number of esters is 1. The summed E-state index contributed by atoms with van der Waals surface area (Å²) in [6.07, 6.45) is 5.21. The van der Waals surface area contributed by atoms with E-state index in [0.717, 1.165) is 5.56 Å². The molecule has 20 heavy (non-hydrogen) atoms. The highest BCUT2D eigenvalue weighted by atomic mass is 16.5. The number of alkyl carbamates (subject to hydrolysis) is 1. The quantitative estimate of drug-likeness (QED) is 0.492. The predicted molar refractivity (Wildman–Crippen MR) is 76.1 cm³/mol. The fourth-order valence-electron chi connectivity index (χ4n) is 1.31. The molecule has 0 bridgehead atoms. The zero-order chi connectivity index (χ0) is 14.8. The Hall–Kier alpha value is -2.56. The number of rotatable bonds is 6. The van der Waals surface area contributed by atoms with Gasteiger partial charge in [0.25, 0.3) is 0 Å². The van der Waals surface area contributed by atoms with Gasteiger partial charge in [-0.05, 0) is 30.2 Å². The maximum atomic E-state index is 11.4. The van der Waals surface area contributed by atoms with Crippen molar-refractivity contribution in [1.29, 1.82) is 0 Å². The highest BCUT2D eigenvalue weighted by Gasteiger charge is 2.02. The third-order valence-corrected chi connectivity index (χ3v) is 2.33. The van der Waals surface area contributed by atoms with Gasteiger partial charge >= 0.3 is 12.1 Å². The molecule has 5 nitrogen and oxygen atoms in total. The van der Waals surface area contributed by atoms with Gasteiger partial charge in [0, 0.05) is 12.6 Å². The summed E-state index contributed by atoms with van der Waals surface area (Å²) in [5.41, 5.74) is 0.854. The SMILES string of the molecule is C=CCCC(=O)Oc1ccc(/C=C/NC(=O)OC)cc1. The first-order chi connectivity index (χ1) is 9.65. The van der Waals surface area contributed by atoms with Gasteiger partial charge in [0.2, 0.25) is 0 Å². The molecule has 0 aliphatic heterocycles. The van der Waals surface area contributed by atoms with Crippen molar-refractivity contribution in [2.24, 2.45) is 0 Å². The molecular formula is C15H17NO4. The van der Waals surface area contributed by atoms with Crippen molar-refractivity contribution in [2.75, 3.05) is 7.11 Å². The number of benzene rings is 1. The van der Waals surface area contributed by atoms with E-state index in [1.54, 1.807) is 36.4 Å². The third kappa shape index (κ3) is 5.86. The lowest BCUT2D eigenvalue weighted by atomic mass is 10.2. The summed E-state index contributed by atoms with van der Waals surface area (Å²) < 4.78 is 9.55. The monoisotopic (exact) mass is 275 g/mol. The minimum absolute atomic E-state index is 0.291. The average Bonchev–Trinajstić information content (AvgIpc) is 2.46. The fourth-order valence-corrected chi connectivity index (χ4v) is 1.31. The molecule has 0 aliphatic rings. The summed E-state index contributed by atoms with van der Waals surface area (Å²) in [6, 6.07) is 6.91. The van der Waals surface area contributed by atoms with Crippen molar-refractivity contribution in [2.45, 2.75) is 12.8 Å². The second-order valence-electron chi connectivity index (χ2n) is 3.84. The van der Waals surface area contributed by atoms with Crippen LogP contribution in [0.4, 0.5) is 4.79 Å². The van der Waals surface area contributed by atoms with Gasteiger partial charge in [0.05, 0.1) is 7.11 Å². The second-order valence-corrected chi connectivity index (χ2v) is 3.84. The number of carbonyl (C=O) groups is 2. The largest absolute Gasteiger partial charge is 0.453 e. The van der Waals surface area contributed by atoms with Crippen LogP contribution in [0.25, 0.3) is 6.08 Å². The molecule has 0 aromatic heterocycles. The van der Waals surface area contributed by atoms with Crippen LogP contribution >= 0.6 is 0 Å². The second kappa shape index (κ2) is 8.53. The van der Waals surface area contributed by atoms with E-state index in [4.69, 9.17) is 4.74 Å². The van der Waals surface area contributed by atoms with Crippen molar-refractivity contribution in [3.63, 3.8) is 0 Å². The normalized spacial score (nSPS) is 10.1. The molecule has 1 aromatic carbocycles. The maximum absolute atomic E-state index is 11.4. The predicted octanol–water partition coefficient (Wildman–Crippen LogP) is 2.88. The number of methoxy groups -OCH3 is 1. The summed E-state index contributed by atoms with van der Waals surface area (Å²) in [5, 5.41) is 2.41. The van der Waals surface area contributed by atoms with Crippen molar-refractivity contribution in [3.8, 4) is 5.75 Å². The molecule has 0 saturated carbocycles. The molecule has 5 heteroatoms. The lowest BCUT2D eigenvalue weighted by Gasteiger charge is -2.03. The van der Waals surface area contributed by atoms with Crippen LogP contribution in [-0.4, -0.2) is 19.2 Å². The van der Waals surface area contributed by atoms with E-state index in [9.17, 15) is 9.59 Å². The maximum Gasteiger partial charge on any atom is 0.410 e. The van der Waals surface area contributed by atoms with Crippen molar-refractivity contribution < 1.29 is 19.1 Å². The van der Waals surface area contributed by atoms with Crippen LogP contribution in [-0.2, 0) is 9.53 Å². The minimum Gasteiger partial charge on any atom is -0.453 e. The Bertz CT molecular complexity index is 491. The van der Waals surface area contributed by atoms with E-state index in [2.05, 4.69) is 16.6 Å². The van der Waals surface area contributed by atoms with Gasteiger partial charge in [-0.3, -0.25) is 10.1 Å².